The Balaban J connectivity index is 1.37. The van der Waals surface area contributed by atoms with Crippen molar-refractivity contribution in [2.75, 3.05) is 11.4 Å². The Labute approximate surface area is 170 Å². The first-order valence-corrected chi connectivity index (χ1v) is 11.4. The lowest BCUT2D eigenvalue weighted by Crippen LogP contribution is -2.30. The zero-order chi connectivity index (χ0) is 20.0. The van der Waals surface area contributed by atoms with E-state index in [1.54, 1.807) is 18.2 Å². The number of carbonyl (C=O) groups is 1. The maximum absolute atomic E-state index is 12.9. The Morgan fingerprint density at radius 2 is 1.83 bits per heavy atom. The normalized spacial score (nSPS) is 16.2. The maximum Gasteiger partial charge on any atom is 0.240 e. The molecule has 0 saturated heterocycles. The molecule has 2 aliphatic rings. The summed E-state index contributed by atoms with van der Waals surface area (Å²) in [6.45, 7) is 0.866. The molecule has 0 radical (unpaired) electrons. The molecule has 1 fully saturated rings. The molecule has 1 aliphatic heterocycles. The number of fused-ring (bicyclic) bond motifs is 2. The van der Waals surface area contributed by atoms with Crippen LogP contribution in [0.15, 0.2) is 65.6 Å². The Morgan fingerprint density at radius 1 is 1.03 bits per heavy atom. The summed E-state index contributed by atoms with van der Waals surface area (Å²) in [5.41, 5.74) is 2.72. The summed E-state index contributed by atoms with van der Waals surface area (Å²) in [4.78, 5) is 14.5. The second-order valence-electron chi connectivity index (χ2n) is 7.77. The molecule has 1 saturated carbocycles. The largest absolute Gasteiger partial charge is 0.312 e. The van der Waals surface area contributed by atoms with Crippen molar-refractivity contribution in [2.24, 2.45) is 5.92 Å². The van der Waals surface area contributed by atoms with Gasteiger partial charge in [0.1, 0.15) is 0 Å². The van der Waals surface area contributed by atoms with Crippen LogP contribution in [-0.4, -0.2) is 20.9 Å². The van der Waals surface area contributed by atoms with E-state index in [9.17, 15) is 13.2 Å². The van der Waals surface area contributed by atoms with Crippen LogP contribution in [-0.2, 0) is 27.8 Å². The third-order valence-electron chi connectivity index (χ3n) is 5.78. The number of nitrogens with one attached hydrogen (secondary N) is 1. The average molecular weight is 407 g/mol. The second-order valence-corrected chi connectivity index (χ2v) is 9.53. The van der Waals surface area contributed by atoms with Crippen LogP contribution in [0.4, 0.5) is 5.69 Å². The molecular weight excluding hydrogens is 384 g/mol. The van der Waals surface area contributed by atoms with Crippen molar-refractivity contribution in [3.63, 3.8) is 0 Å². The highest BCUT2D eigenvalue weighted by molar-refractivity contribution is 7.89. The minimum absolute atomic E-state index is 0.159. The molecule has 0 atom stereocenters. The highest BCUT2D eigenvalue weighted by Crippen LogP contribution is 2.37. The van der Waals surface area contributed by atoms with E-state index in [2.05, 4.69) is 4.72 Å². The predicted molar refractivity (Wildman–Crippen MR) is 113 cm³/mol. The monoisotopic (exact) mass is 406 g/mol. The molecule has 5 rings (SSSR count). The van der Waals surface area contributed by atoms with Crippen LogP contribution in [0.2, 0.25) is 0 Å². The van der Waals surface area contributed by atoms with Gasteiger partial charge in [-0.3, -0.25) is 4.79 Å². The molecule has 148 valence electrons. The van der Waals surface area contributed by atoms with Gasteiger partial charge in [-0.1, -0.05) is 42.5 Å². The lowest BCUT2D eigenvalue weighted by Gasteiger charge is -2.17. The molecule has 1 N–H and O–H groups in total. The van der Waals surface area contributed by atoms with Crippen LogP contribution in [0, 0.1) is 5.92 Å². The summed E-state index contributed by atoms with van der Waals surface area (Å²) in [6, 6.07) is 18.9. The van der Waals surface area contributed by atoms with Crippen molar-refractivity contribution >= 4 is 32.4 Å². The Bertz CT molecular complexity index is 1210. The zero-order valence-electron chi connectivity index (χ0n) is 16.0. The van der Waals surface area contributed by atoms with Crippen LogP contribution >= 0.6 is 0 Å². The highest BCUT2D eigenvalue weighted by atomic mass is 32.2. The summed E-state index contributed by atoms with van der Waals surface area (Å²) in [5.74, 6) is 0.333. The van der Waals surface area contributed by atoms with Crippen LogP contribution < -0.4 is 9.62 Å². The fourth-order valence-corrected chi connectivity index (χ4v) is 5.08. The first kappa shape index (κ1) is 18.3. The van der Waals surface area contributed by atoms with E-state index in [-0.39, 0.29) is 23.3 Å². The molecule has 3 aromatic carbocycles. The maximum atomic E-state index is 12.9. The van der Waals surface area contributed by atoms with Crippen molar-refractivity contribution in [2.45, 2.75) is 30.7 Å². The molecule has 1 heterocycles. The molecule has 29 heavy (non-hydrogen) atoms. The standard InChI is InChI=1S/C23H22N2O3S/c26-23(17-8-9-17)25-13-12-18-14-20(10-11-22(18)25)29(27,28)24-15-19-6-3-5-16-4-1-2-7-21(16)19/h1-7,10-11,14,17,24H,8-9,12-13,15H2. The van der Waals surface area contributed by atoms with Gasteiger partial charge in [0.15, 0.2) is 0 Å². The first-order valence-electron chi connectivity index (χ1n) is 9.93. The Kier molecular flexibility index (Phi) is 4.41. The second kappa shape index (κ2) is 6.97. The number of sulfonamides is 1. The predicted octanol–water partition coefficient (Wildman–Crippen LogP) is 3.62. The molecule has 1 amide bonds. The van der Waals surface area contributed by atoms with Crippen LogP contribution in [0.1, 0.15) is 24.0 Å². The number of rotatable bonds is 5. The minimum Gasteiger partial charge on any atom is -0.312 e. The van der Waals surface area contributed by atoms with Crippen molar-refractivity contribution in [1.29, 1.82) is 0 Å². The van der Waals surface area contributed by atoms with Crippen molar-refractivity contribution in [3.8, 4) is 0 Å². The van der Waals surface area contributed by atoms with Gasteiger partial charge in [-0.15, -0.1) is 0 Å². The fourth-order valence-electron chi connectivity index (χ4n) is 4.03. The highest BCUT2D eigenvalue weighted by Gasteiger charge is 2.36. The van der Waals surface area contributed by atoms with Crippen LogP contribution in [0.3, 0.4) is 0 Å². The smallest absolute Gasteiger partial charge is 0.240 e. The zero-order valence-corrected chi connectivity index (χ0v) is 16.8. The fraction of sp³-hybridized carbons (Fsp3) is 0.261. The lowest BCUT2D eigenvalue weighted by atomic mass is 10.1. The Hall–Kier alpha value is -2.70. The number of hydrogen-bond acceptors (Lipinski definition) is 3. The van der Waals surface area contributed by atoms with Crippen LogP contribution in [0.25, 0.3) is 10.8 Å². The van der Waals surface area contributed by atoms with Crippen molar-refractivity contribution in [1.82, 2.24) is 4.72 Å². The molecule has 3 aromatic rings. The van der Waals surface area contributed by atoms with E-state index < -0.39 is 10.0 Å². The summed E-state index contributed by atoms with van der Waals surface area (Å²) < 4.78 is 28.5. The van der Waals surface area contributed by atoms with Crippen LogP contribution in [0.5, 0.6) is 0 Å². The average Bonchev–Trinajstić information content (AvgIpc) is 3.50. The summed E-state index contributed by atoms with van der Waals surface area (Å²) in [6.07, 6.45) is 2.63. The molecular formula is C23H22N2O3S. The SMILES string of the molecule is O=C(C1CC1)N1CCc2cc(S(=O)(=O)NCc3cccc4ccccc34)ccc21. The molecule has 1 aliphatic carbocycles. The van der Waals surface area contributed by atoms with E-state index in [1.807, 2.05) is 47.4 Å². The molecule has 6 heteroatoms. The minimum atomic E-state index is -3.64. The molecule has 0 spiro atoms. The molecule has 5 nitrogen and oxygen atoms in total. The number of hydrogen-bond donors (Lipinski definition) is 1. The van der Waals surface area contributed by atoms with E-state index in [0.717, 1.165) is 40.4 Å². The summed E-state index contributed by atoms with van der Waals surface area (Å²) >= 11 is 0. The number of amides is 1. The third-order valence-corrected chi connectivity index (χ3v) is 7.18. The molecule has 0 unspecified atom stereocenters. The van der Waals surface area contributed by atoms with Gasteiger partial charge in [0.2, 0.25) is 15.9 Å². The van der Waals surface area contributed by atoms with Gasteiger partial charge < -0.3 is 4.90 Å². The van der Waals surface area contributed by atoms with E-state index in [0.29, 0.717) is 13.0 Å². The first-order chi connectivity index (χ1) is 14.0. The topological polar surface area (TPSA) is 66.5 Å². The molecule has 0 bridgehead atoms. The quantitative estimate of drug-likeness (QED) is 0.704. The van der Waals surface area contributed by atoms with E-state index >= 15 is 0 Å². The van der Waals surface area contributed by atoms with Crippen molar-refractivity contribution < 1.29 is 13.2 Å². The Morgan fingerprint density at radius 3 is 2.66 bits per heavy atom. The van der Waals surface area contributed by atoms with Crippen molar-refractivity contribution in [3.05, 3.63) is 71.8 Å². The van der Waals surface area contributed by atoms with E-state index in [4.69, 9.17) is 0 Å². The number of nitrogens with zero attached hydrogens (tertiary/aromatic N) is 1. The van der Waals surface area contributed by atoms with E-state index in [1.165, 1.54) is 0 Å². The summed E-state index contributed by atoms with van der Waals surface area (Å²) in [5, 5.41) is 2.13. The summed E-state index contributed by atoms with van der Waals surface area (Å²) in [7, 11) is -3.64. The van der Waals surface area contributed by atoms with Gasteiger partial charge in [-0.25, -0.2) is 13.1 Å². The van der Waals surface area contributed by atoms with Gasteiger partial charge in [-0.2, -0.15) is 0 Å². The third kappa shape index (κ3) is 3.43. The number of anilines is 1. The van der Waals surface area contributed by atoms with Gasteiger partial charge in [0, 0.05) is 24.7 Å². The number of carbonyl (C=O) groups excluding carboxylic acids is 1. The molecule has 0 aromatic heterocycles. The van der Waals surface area contributed by atoms with Gasteiger partial charge in [0.25, 0.3) is 0 Å². The number of benzene rings is 3. The van der Waals surface area contributed by atoms with Gasteiger partial charge in [-0.05, 0) is 59.4 Å². The van der Waals surface area contributed by atoms with Gasteiger partial charge in [0.05, 0.1) is 4.90 Å². The van der Waals surface area contributed by atoms with Gasteiger partial charge >= 0.3 is 0 Å². The lowest BCUT2D eigenvalue weighted by molar-refractivity contribution is -0.119.